The SMILES string of the molecule is Br.CN(C)CCN(C)C1NC(N(C)C)SS1. The number of nitrogens with zero attached hydrogens (tertiary/aromatic N) is 3. The minimum absolute atomic E-state index is 0. The molecule has 7 heteroatoms. The molecule has 1 saturated heterocycles. The van der Waals surface area contributed by atoms with E-state index in [1.54, 1.807) is 0 Å². The van der Waals surface area contributed by atoms with E-state index in [9.17, 15) is 0 Å². The normalized spacial score (nSPS) is 25.5. The first-order valence-electron chi connectivity index (χ1n) is 5.10. The van der Waals surface area contributed by atoms with E-state index in [1.807, 2.05) is 21.6 Å². The molecule has 0 spiro atoms. The van der Waals surface area contributed by atoms with Gasteiger partial charge in [0.25, 0.3) is 0 Å². The second-order valence-electron chi connectivity index (χ2n) is 4.31. The molecule has 1 aliphatic rings. The van der Waals surface area contributed by atoms with Gasteiger partial charge in [0.15, 0.2) is 0 Å². The van der Waals surface area contributed by atoms with Gasteiger partial charge in [-0.05, 0) is 35.2 Å². The maximum Gasteiger partial charge on any atom is 0.120 e. The summed E-state index contributed by atoms with van der Waals surface area (Å²) in [6.45, 7) is 2.20. The Bertz CT molecular complexity index is 194. The molecule has 16 heavy (non-hydrogen) atoms. The number of rotatable bonds is 5. The van der Waals surface area contributed by atoms with Gasteiger partial charge in [0, 0.05) is 13.1 Å². The number of halogens is 1. The van der Waals surface area contributed by atoms with Gasteiger partial charge in [-0.2, -0.15) is 0 Å². The van der Waals surface area contributed by atoms with Crippen LogP contribution in [0.5, 0.6) is 0 Å². The second-order valence-corrected chi connectivity index (χ2v) is 6.74. The Morgan fingerprint density at radius 3 is 1.94 bits per heavy atom. The Labute approximate surface area is 118 Å². The first kappa shape index (κ1) is 17.0. The Hall–Kier alpha value is 1.02. The van der Waals surface area contributed by atoms with Crippen molar-refractivity contribution >= 4 is 38.6 Å². The van der Waals surface area contributed by atoms with Crippen molar-refractivity contribution in [3.63, 3.8) is 0 Å². The van der Waals surface area contributed by atoms with Gasteiger partial charge in [-0.25, -0.2) is 0 Å². The fraction of sp³-hybridized carbons (Fsp3) is 1.00. The molecule has 0 aromatic carbocycles. The predicted octanol–water partition coefficient (Wildman–Crippen LogP) is 1.17. The van der Waals surface area contributed by atoms with Gasteiger partial charge in [0.05, 0.1) is 0 Å². The van der Waals surface area contributed by atoms with Crippen LogP contribution >= 0.6 is 38.6 Å². The van der Waals surface area contributed by atoms with Crippen molar-refractivity contribution in [3.8, 4) is 0 Å². The summed E-state index contributed by atoms with van der Waals surface area (Å²) in [6.07, 6.45) is 0. The van der Waals surface area contributed by atoms with Gasteiger partial charge in [0.2, 0.25) is 0 Å². The van der Waals surface area contributed by atoms with E-state index in [4.69, 9.17) is 0 Å². The smallest absolute Gasteiger partial charge is 0.120 e. The Morgan fingerprint density at radius 1 is 0.938 bits per heavy atom. The summed E-state index contributed by atoms with van der Waals surface area (Å²) in [5, 5.41) is 3.57. The lowest BCUT2D eigenvalue weighted by atomic mass is 10.5. The minimum Gasteiger partial charge on any atom is -0.308 e. The molecule has 0 aromatic heterocycles. The van der Waals surface area contributed by atoms with E-state index in [-0.39, 0.29) is 17.0 Å². The zero-order valence-electron chi connectivity index (χ0n) is 10.6. The summed E-state index contributed by atoms with van der Waals surface area (Å²) in [7, 11) is 14.4. The number of hydrogen-bond acceptors (Lipinski definition) is 6. The standard InChI is InChI=1S/C9H22N4S2.BrH/c1-11(2)6-7-13(5)9-10-8(12(3)4)14-15-9;/h8-10H,6-7H2,1-5H3;1H. The van der Waals surface area contributed by atoms with Crippen LogP contribution in [0.1, 0.15) is 0 Å². The monoisotopic (exact) mass is 330 g/mol. The summed E-state index contributed by atoms with van der Waals surface area (Å²) in [6, 6.07) is 0. The van der Waals surface area contributed by atoms with Crippen molar-refractivity contribution in [2.75, 3.05) is 48.3 Å². The number of likely N-dealkylation sites (N-methyl/N-ethyl adjacent to an activating group) is 2. The summed E-state index contributed by atoms with van der Waals surface area (Å²) < 4.78 is 0. The molecule has 1 fully saturated rings. The van der Waals surface area contributed by atoms with Crippen LogP contribution in [0.3, 0.4) is 0 Å². The second kappa shape index (κ2) is 8.18. The highest BCUT2D eigenvalue weighted by molar-refractivity contribution is 8.93. The van der Waals surface area contributed by atoms with Crippen molar-refractivity contribution in [1.29, 1.82) is 0 Å². The molecule has 0 saturated carbocycles. The summed E-state index contributed by atoms with van der Waals surface area (Å²) in [4.78, 5) is 6.78. The van der Waals surface area contributed by atoms with Gasteiger partial charge < -0.3 is 4.90 Å². The molecule has 98 valence electrons. The third-order valence-electron chi connectivity index (χ3n) is 2.29. The summed E-state index contributed by atoms with van der Waals surface area (Å²) in [5.74, 6) is 0. The summed E-state index contributed by atoms with van der Waals surface area (Å²) in [5.41, 5.74) is 0.865. The zero-order valence-corrected chi connectivity index (χ0v) is 14.0. The van der Waals surface area contributed by atoms with Gasteiger partial charge in [-0.1, -0.05) is 21.6 Å². The van der Waals surface area contributed by atoms with Crippen molar-refractivity contribution in [2.45, 2.75) is 11.0 Å². The Kier molecular flexibility index (Phi) is 8.70. The third kappa shape index (κ3) is 5.57. The lowest BCUT2D eigenvalue weighted by molar-refractivity contribution is 0.218. The number of hydrogen-bond donors (Lipinski definition) is 1. The van der Waals surface area contributed by atoms with Gasteiger partial charge >= 0.3 is 0 Å². The highest BCUT2D eigenvalue weighted by atomic mass is 79.9. The molecule has 2 atom stereocenters. The zero-order chi connectivity index (χ0) is 11.4. The molecule has 1 aliphatic heterocycles. The lowest BCUT2D eigenvalue weighted by Crippen LogP contribution is -2.46. The quantitative estimate of drug-likeness (QED) is 0.759. The van der Waals surface area contributed by atoms with Crippen LogP contribution in [-0.2, 0) is 0 Å². The Morgan fingerprint density at radius 2 is 1.50 bits per heavy atom. The van der Waals surface area contributed by atoms with Crippen LogP contribution in [0.15, 0.2) is 0 Å². The maximum atomic E-state index is 3.57. The molecular formula is C9H23BrN4S2. The molecule has 4 nitrogen and oxygen atoms in total. The first-order valence-corrected chi connectivity index (χ1v) is 7.38. The highest BCUT2D eigenvalue weighted by Crippen LogP contribution is 2.37. The average Bonchev–Trinajstić information content (AvgIpc) is 2.62. The molecule has 0 aromatic rings. The molecule has 1 N–H and O–H groups in total. The molecular weight excluding hydrogens is 308 g/mol. The van der Waals surface area contributed by atoms with E-state index in [2.05, 4.69) is 55.3 Å². The largest absolute Gasteiger partial charge is 0.308 e. The van der Waals surface area contributed by atoms with Crippen molar-refractivity contribution in [1.82, 2.24) is 20.0 Å². The molecule has 2 unspecified atom stereocenters. The van der Waals surface area contributed by atoms with Crippen molar-refractivity contribution in [3.05, 3.63) is 0 Å². The van der Waals surface area contributed by atoms with Crippen molar-refractivity contribution in [2.24, 2.45) is 0 Å². The fourth-order valence-electron chi connectivity index (χ4n) is 1.19. The van der Waals surface area contributed by atoms with Gasteiger partial charge in [-0.15, -0.1) is 17.0 Å². The van der Waals surface area contributed by atoms with E-state index >= 15 is 0 Å². The van der Waals surface area contributed by atoms with Crippen LogP contribution in [0.25, 0.3) is 0 Å². The molecule has 0 bridgehead atoms. The molecule has 1 rings (SSSR count). The minimum atomic E-state index is 0. The molecule has 0 amide bonds. The van der Waals surface area contributed by atoms with Crippen molar-refractivity contribution < 1.29 is 0 Å². The van der Waals surface area contributed by atoms with E-state index in [0.29, 0.717) is 11.0 Å². The van der Waals surface area contributed by atoms with E-state index in [1.165, 1.54) is 0 Å². The first-order chi connectivity index (χ1) is 7.00. The molecule has 0 radical (unpaired) electrons. The van der Waals surface area contributed by atoms with E-state index < -0.39 is 0 Å². The van der Waals surface area contributed by atoms with Crippen LogP contribution in [-0.4, -0.2) is 74.0 Å². The Balaban J connectivity index is 0.00000225. The summed E-state index contributed by atoms with van der Waals surface area (Å²) >= 11 is 0. The third-order valence-corrected chi connectivity index (χ3v) is 5.25. The molecule has 1 heterocycles. The predicted molar refractivity (Wildman–Crippen MR) is 81.1 cm³/mol. The fourth-order valence-corrected chi connectivity index (χ4v) is 4.21. The van der Waals surface area contributed by atoms with Crippen LogP contribution in [0.2, 0.25) is 0 Å². The van der Waals surface area contributed by atoms with Crippen LogP contribution in [0.4, 0.5) is 0 Å². The topological polar surface area (TPSA) is 21.8 Å². The van der Waals surface area contributed by atoms with E-state index in [0.717, 1.165) is 13.1 Å². The lowest BCUT2D eigenvalue weighted by Gasteiger charge is -2.26. The van der Waals surface area contributed by atoms with Crippen LogP contribution < -0.4 is 5.32 Å². The average molecular weight is 331 g/mol. The van der Waals surface area contributed by atoms with Crippen LogP contribution in [0, 0.1) is 0 Å². The maximum absolute atomic E-state index is 3.57. The number of nitrogens with one attached hydrogen (secondary N) is 1. The van der Waals surface area contributed by atoms with Gasteiger partial charge in [0.1, 0.15) is 11.0 Å². The highest BCUT2D eigenvalue weighted by Gasteiger charge is 2.29. The molecule has 0 aliphatic carbocycles. The van der Waals surface area contributed by atoms with Gasteiger partial charge in [-0.3, -0.25) is 15.1 Å².